The molecule has 156 valence electrons. The molecule has 29 heavy (non-hydrogen) atoms. The molecule has 0 saturated heterocycles. The van der Waals surface area contributed by atoms with Crippen LogP contribution < -0.4 is 10.9 Å². The number of esters is 1. The Morgan fingerprint density at radius 3 is 2.55 bits per heavy atom. The number of alkyl halides is 3. The minimum Gasteiger partial charge on any atom is -0.462 e. The second-order valence-corrected chi connectivity index (χ2v) is 6.80. The normalized spacial score (nSPS) is 11.2. The molecule has 1 aromatic heterocycles. The molecule has 11 heteroatoms. The van der Waals surface area contributed by atoms with Crippen molar-refractivity contribution in [3.63, 3.8) is 0 Å². The number of carbonyl (C=O) groups is 2. The Kier molecular flexibility index (Phi) is 7.82. The van der Waals surface area contributed by atoms with Crippen molar-refractivity contribution in [1.29, 1.82) is 0 Å². The summed E-state index contributed by atoms with van der Waals surface area (Å²) < 4.78 is 43.1. The van der Waals surface area contributed by atoms with Gasteiger partial charge in [-0.15, -0.1) is 0 Å². The molecular weight excluding hydrogens is 411 g/mol. The van der Waals surface area contributed by atoms with Crippen LogP contribution in [0, 0.1) is 0 Å². The van der Waals surface area contributed by atoms with Crippen LogP contribution in [0.2, 0.25) is 0 Å². The van der Waals surface area contributed by atoms with E-state index in [0.29, 0.717) is 35.7 Å². The van der Waals surface area contributed by atoms with Gasteiger partial charge in [0.05, 0.1) is 17.9 Å². The standard InChI is InChI=1S/C18H18F3N3O4S/c1-2-3-8-28-16(27)11-4-6-12(7-5-11)22-15(26)10-29-17-23-13(18(19,20)21)9-14(25)24-17/h4-7,9H,2-3,8,10H2,1H3,(H,22,26)(H,23,24,25). The van der Waals surface area contributed by atoms with Gasteiger partial charge in [0.25, 0.3) is 5.56 Å². The first kappa shape index (κ1) is 22.5. The van der Waals surface area contributed by atoms with Crippen molar-refractivity contribution in [3.8, 4) is 0 Å². The molecule has 0 unspecified atom stereocenters. The topological polar surface area (TPSA) is 101 Å². The molecule has 2 rings (SSSR count). The number of benzene rings is 1. The highest BCUT2D eigenvalue weighted by Crippen LogP contribution is 2.27. The molecule has 0 aliphatic heterocycles. The SMILES string of the molecule is CCCCOC(=O)c1ccc(NC(=O)CSc2nc(C(F)(F)F)cc(=O)[nH]2)cc1. The van der Waals surface area contributed by atoms with Crippen LogP contribution in [0.4, 0.5) is 18.9 Å². The fraction of sp³-hybridized carbons (Fsp3) is 0.333. The first-order valence-corrected chi connectivity index (χ1v) is 9.56. The van der Waals surface area contributed by atoms with Crippen LogP contribution in [0.15, 0.2) is 40.3 Å². The molecule has 0 aliphatic carbocycles. The van der Waals surface area contributed by atoms with Crippen molar-refractivity contribution in [2.45, 2.75) is 31.1 Å². The third-order valence-corrected chi connectivity index (χ3v) is 4.36. The molecule has 0 aliphatic rings. The van der Waals surface area contributed by atoms with Crippen LogP contribution in [-0.2, 0) is 15.7 Å². The highest BCUT2D eigenvalue weighted by molar-refractivity contribution is 7.99. The number of unbranched alkanes of at least 4 members (excludes halogenated alkanes) is 1. The Labute approximate surface area is 168 Å². The summed E-state index contributed by atoms with van der Waals surface area (Å²) in [6.07, 6.45) is -3.09. The van der Waals surface area contributed by atoms with E-state index in [2.05, 4.69) is 15.3 Å². The summed E-state index contributed by atoms with van der Waals surface area (Å²) in [4.78, 5) is 40.5. The van der Waals surface area contributed by atoms with Crippen LogP contribution >= 0.6 is 11.8 Å². The molecule has 1 aromatic carbocycles. The molecule has 1 amide bonds. The van der Waals surface area contributed by atoms with Gasteiger partial charge < -0.3 is 15.0 Å². The summed E-state index contributed by atoms with van der Waals surface area (Å²) in [5, 5.41) is 2.22. The summed E-state index contributed by atoms with van der Waals surface area (Å²) in [6, 6.07) is 6.33. The predicted molar refractivity (Wildman–Crippen MR) is 101 cm³/mol. The number of anilines is 1. The van der Waals surface area contributed by atoms with Crippen LogP contribution in [0.3, 0.4) is 0 Å². The fourth-order valence-electron chi connectivity index (χ4n) is 2.06. The number of hydrogen-bond acceptors (Lipinski definition) is 6. The van der Waals surface area contributed by atoms with Crippen LogP contribution in [0.5, 0.6) is 0 Å². The Balaban J connectivity index is 1.90. The molecule has 1 heterocycles. The average Bonchev–Trinajstić information content (AvgIpc) is 2.66. The van der Waals surface area contributed by atoms with Crippen molar-refractivity contribution >= 4 is 29.3 Å². The van der Waals surface area contributed by atoms with Gasteiger partial charge in [0.1, 0.15) is 0 Å². The van der Waals surface area contributed by atoms with Crippen LogP contribution in [-0.4, -0.2) is 34.2 Å². The Bertz CT molecular complexity index is 914. The average molecular weight is 429 g/mol. The molecule has 0 atom stereocenters. The molecule has 0 spiro atoms. The summed E-state index contributed by atoms with van der Waals surface area (Å²) in [5.41, 5.74) is -1.56. The number of thioether (sulfide) groups is 1. The number of halogens is 3. The lowest BCUT2D eigenvalue weighted by Crippen LogP contribution is -2.18. The molecule has 0 bridgehead atoms. The van der Waals surface area contributed by atoms with Crippen LogP contribution in [0.25, 0.3) is 0 Å². The van der Waals surface area contributed by atoms with Gasteiger partial charge in [-0.05, 0) is 30.7 Å². The minimum atomic E-state index is -4.76. The van der Waals surface area contributed by atoms with Gasteiger partial charge in [-0.1, -0.05) is 25.1 Å². The van der Waals surface area contributed by atoms with Crippen LogP contribution in [0.1, 0.15) is 35.8 Å². The molecule has 0 saturated carbocycles. The number of carbonyl (C=O) groups excluding carboxylic acids is 2. The summed E-state index contributed by atoms with van der Waals surface area (Å²) in [6.45, 7) is 2.31. The van der Waals surface area contributed by atoms with Gasteiger partial charge in [0.15, 0.2) is 10.9 Å². The maximum absolute atomic E-state index is 12.7. The molecule has 0 fully saturated rings. The fourth-order valence-corrected chi connectivity index (χ4v) is 2.74. The zero-order valence-corrected chi connectivity index (χ0v) is 16.2. The highest BCUT2D eigenvalue weighted by atomic mass is 32.2. The minimum absolute atomic E-state index is 0.273. The predicted octanol–water partition coefficient (Wildman–Crippen LogP) is 3.48. The summed E-state index contributed by atoms with van der Waals surface area (Å²) in [7, 11) is 0. The van der Waals surface area contributed by atoms with Gasteiger partial charge in [-0.3, -0.25) is 9.59 Å². The van der Waals surface area contributed by atoms with Crippen molar-refractivity contribution in [3.05, 3.63) is 51.9 Å². The van der Waals surface area contributed by atoms with E-state index >= 15 is 0 Å². The van der Waals surface area contributed by atoms with E-state index in [-0.39, 0.29) is 10.9 Å². The number of amides is 1. The quantitative estimate of drug-likeness (QED) is 0.288. The van der Waals surface area contributed by atoms with E-state index < -0.39 is 29.3 Å². The van der Waals surface area contributed by atoms with E-state index in [1.54, 1.807) is 0 Å². The lowest BCUT2D eigenvalue weighted by Gasteiger charge is -2.08. The van der Waals surface area contributed by atoms with E-state index in [1.165, 1.54) is 24.3 Å². The second-order valence-electron chi connectivity index (χ2n) is 5.84. The summed E-state index contributed by atoms with van der Waals surface area (Å²) in [5.74, 6) is -1.26. The number of nitrogens with one attached hydrogen (secondary N) is 2. The third-order valence-electron chi connectivity index (χ3n) is 3.49. The zero-order chi connectivity index (χ0) is 21.4. The van der Waals surface area contributed by atoms with Gasteiger partial charge in [0.2, 0.25) is 5.91 Å². The number of H-pyrrole nitrogens is 1. The van der Waals surface area contributed by atoms with Gasteiger partial charge >= 0.3 is 12.1 Å². The number of nitrogens with zero attached hydrogens (tertiary/aromatic N) is 1. The van der Waals surface area contributed by atoms with Crippen molar-refractivity contribution in [2.24, 2.45) is 0 Å². The molecule has 2 aromatic rings. The largest absolute Gasteiger partial charge is 0.462 e. The van der Waals surface area contributed by atoms with E-state index in [0.717, 1.165) is 12.8 Å². The van der Waals surface area contributed by atoms with E-state index in [1.807, 2.05) is 6.92 Å². The number of hydrogen-bond donors (Lipinski definition) is 2. The van der Waals surface area contributed by atoms with Crippen molar-refractivity contribution in [1.82, 2.24) is 9.97 Å². The second kappa shape index (κ2) is 10.1. The number of rotatable bonds is 8. The third kappa shape index (κ3) is 7.26. The Hall–Kier alpha value is -2.82. The number of aromatic amines is 1. The van der Waals surface area contributed by atoms with Gasteiger partial charge in [-0.2, -0.15) is 13.2 Å². The number of ether oxygens (including phenoxy) is 1. The molecule has 2 N–H and O–H groups in total. The van der Waals surface area contributed by atoms with E-state index in [4.69, 9.17) is 4.74 Å². The van der Waals surface area contributed by atoms with Crippen molar-refractivity contribution in [2.75, 3.05) is 17.7 Å². The lowest BCUT2D eigenvalue weighted by molar-refractivity contribution is -0.141. The molecule has 7 nitrogen and oxygen atoms in total. The smallest absolute Gasteiger partial charge is 0.433 e. The molecule has 0 radical (unpaired) electrons. The summed E-state index contributed by atoms with van der Waals surface area (Å²) >= 11 is 0.659. The molecular formula is C18H18F3N3O4S. The number of aromatic nitrogens is 2. The van der Waals surface area contributed by atoms with E-state index in [9.17, 15) is 27.6 Å². The maximum Gasteiger partial charge on any atom is 0.433 e. The van der Waals surface area contributed by atoms with Gasteiger partial charge in [0, 0.05) is 11.8 Å². The maximum atomic E-state index is 12.7. The van der Waals surface area contributed by atoms with Gasteiger partial charge in [-0.25, -0.2) is 9.78 Å². The highest BCUT2D eigenvalue weighted by Gasteiger charge is 2.33. The van der Waals surface area contributed by atoms with Crippen molar-refractivity contribution < 1.29 is 27.5 Å². The zero-order valence-electron chi connectivity index (χ0n) is 15.3. The first-order valence-electron chi connectivity index (χ1n) is 8.57. The monoisotopic (exact) mass is 429 g/mol. The first-order chi connectivity index (χ1) is 13.7. The Morgan fingerprint density at radius 2 is 1.93 bits per heavy atom. The Morgan fingerprint density at radius 1 is 1.24 bits per heavy atom. The lowest BCUT2D eigenvalue weighted by atomic mass is 10.2.